The molecule has 1 fully saturated rings. The lowest BCUT2D eigenvalue weighted by Gasteiger charge is -2.34. The standard InChI is InChI=1S/C14H18BrNO2/c1-9-3-4-12(15)11(7-9)14(18)16-6-5-13(17)10(2)8-16/h3-4,7,10,13,17H,5-6,8H2,1-2H3. The number of piperidine rings is 1. The van der Waals surface area contributed by atoms with Crippen molar-refractivity contribution in [2.75, 3.05) is 13.1 Å². The summed E-state index contributed by atoms with van der Waals surface area (Å²) >= 11 is 3.43. The molecule has 0 radical (unpaired) electrons. The minimum atomic E-state index is -0.282. The van der Waals surface area contributed by atoms with Gasteiger partial charge in [0, 0.05) is 17.6 Å². The van der Waals surface area contributed by atoms with E-state index in [1.165, 1.54) is 0 Å². The fourth-order valence-electron chi connectivity index (χ4n) is 2.29. The third kappa shape index (κ3) is 2.75. The lowest BCUT2D eigenvalue weighted by molar-refractivity contribution is 0.0297. The number of rotatable bonds is 1. The first-order valence-corrected chi connectivity index (χ1v) is 7.02. The predicted molar refractivity (Wildman–Crippen MR) is 74.6 cm³/mol. The molecule has 0 aliphatic carbocycles. The first-order chi connectivity index (χ1) is 8.49. The molecule has 0 spiro atoms. The van der Waals surface area contributed by atoms with Gasteiger partial charge in [-0.2, -0.15) is 0 Å². The summed E-state index contributed by atoms with van der Waals surface area (Å²) in [6, 6.07) is 5.79. The number of hydrogen-bond acceptors (Lipinski definition) is 2. The number of amides is 1. The molecular formula is C14H18BrNO2. The molecule has 1 amide bonds. The van der Waals surface area contributed by atoms with E-state index in [0.29, 0.717) is 25.1 Å². The topological polar surface area (TPSA) is 40.5 Å². The Morgan fingerprint density at radius 1 is 1.50 bits per heavy atom. The van der Waals surface area contributed by atoms with Gasteiger partial charge in [-0.1, -0.05) is 18.6 Å². The number of carbonyl (C=O) groups excluding carboxylic acids is 1. The molecular weight excluding hydrogens is 294 g/mol. The second kappa shape index (κ2) is 5.41. The number of aliphatic hydroxyl groups is 1. The van der Waals surface area contributed by atoms with E-state index in [4.69, 9.17) is 0 Å². The Hall–Kier alpha value is -0.870. The van der Waals surface area contributed by atoms with Gasteiger partial charge in [-0.3, -0.25) is 4.79 Å². The number of nitrogens with zero attached hydrogens (tertiary/aromatic N) is 1. The molecule has 2 atom stereocenters. The van der Waals surface area contributed by atoms with Crippen LogP contribution in [-0.2, 0) is 0 Å². The van der Waals surface area contributed by atoms with Gasteiger partial charge in [-0.05, 0) is 47.3 Å². The third-order valence-electron chi connectivity index (χ3n) is 3.50. The molecule has 3 nitrogen and oxygen atoms in total. The molecule has 1 N–H and O–H groups in total. The molecule has 1 aliphatic heterocycles. The Bertz CT molecular complexity index is 461. The summed E-state index contributed by atoms with van der Waals surface area (Å²) in [4.78, 5) is 14.3. The van der Waals surface area contributed by atoms with Crippen LogP contribution in [0, 0.1) is 12.8 Å². The zero-order chi connectivity index (χ0) is 13.3. The molecule has 2 rings (SSSR count). The van der Waals surface area contributed by atoms with E-state index in [0.717, 1.165) is 10.0 Å². The van der Waals surface area contributed by atoms with Crippen LogP contribution in [0.15, 0.2) is 22.7 Å². The Kier molecular flexibility index (Phi) is 4.07. The van der Waals surface area contributed by atoms with Crippen molar-refractivity contribution in [3.05, 3.63) is 33.8 Å². The van der Waals surface area contributed by atoms with Crippen LogP contribution in [0.4, 0.5) is 0 Å². The second-order valence-corrected chi connectivity index (χ2v) is 5.92. The van der Waals surface area contributed by atoms with Gasteiger partial charge in [-0.15, -0.1) is 0 Å². The smallest absolute Gasteiger partial charge is 0.255 e. The Balaban J connectivity index is 2.19. The molecule has 1 heterocycles. The average Bonchev–Trinajstić information content (AvgIpc) is 2.35. The molecule has 0 bridgehead atoms. The SMILES string of the molecule is Cc1ccc(Br)c(C(=O)N2CCC(O)C(C)C2)c1. The van der Waals surface area contributed by atoms with E-state index in [1.54, 1.807) is 0 Å². The number of aliphatic hydroxyl groups excluding tert-OH is 1. The van der Waals surface area contributed by atoms with E-state index in [9.17, 15) is 9.90 Å². The van der Waals surface area contributed by atoms with Crippen LogP contribution in [0.3, 0.4) is 0 Å². The monoisotopic (exact) mass is 311 g/mol. The van der Waals surface area contributed by atoms with Gasteiger partial charge in [0.15, 0.2) is 0 Å². The second-order valence-electron chi connectivity index (χ2n) is 5.07. The highest BCUT2D eigenvalue weighted by molar-refractivity contribution is 9.10. The number of aryl methyl sites for hydroxylation is 1. The summed E-state index contributed by atoms with van der Waals surface area (Å²) in [7, 11) is 0. The van der Waals surface area contributed by atoms with E-state index < -0.39 is 0 Å². The Labute approximate surface area is 116 Å². The highest BCUT2D eigenvalue weighted by Crippen LogP contribution is 2.23. The Morgan fingerprint density at radius 3 is 2.89 bits per heavy atom. The lowest BCUT2D eigenvalue weighted by Crippen LogP contribution is -2.45. The predicted octanol–water partition coefficient (Wildman–Crippen LogP) is 2.60. The van der Waals surface area contributed by atoms with Crippen molar-refractivity contribution in [3.8, 4) is 0 Å². The summed E-state index contributed by atoms with van der Waals surface area (Å²) in [6.45, 7) is 5.21. The van der Waals surface area contributed by atoms with Crippen molar-refractivity contribution < 1.29 is 9.90 Å². The van der Waals surface area contributed by atoms with E-state index in [-0.39, 0.29) is 17.9 Å². The summed E-state index contributed by atoms with van der Waals surface area (Å²) in [5.41, 5.74) is 1.78. The van der Waals surface area contributed by atoms with E-state index >= 15 is 0 Å². The molecule has 4 heteroatoms. The number of hydrogen-bond donors (Lipinski definition) is 1. The molecule has 18 heavy (non-hydrogen) atoms. The third-order valence-corrected chi connectivity index (χ3v) is 4.19. The molecule has 0 aromatic heterocycles. The minimum Gasteiger partial charge on any atom is -0.393 e. The van der Waals surface area contributed by atoms with Crippen LogP contribution in [0.25, 0.3) is 0 Å². The molecule has 1 aromatic rings. The fourth-order valence-corrected chi connectivity index (χ4v) is 2.71. The zero-order valence-electron chi connectivity index (χ0n) is 10.7. The molecule has 1 aromatic carbocycles. The first kappa shape index (κ1) is 13.6. The van der Waals surface area contributed by atoms with Crippen molar-refractivity contribution in [2.45, 2.75) is 26.4 Å². The molecule has 1 saturated heterocycles. The molecule has 2 unspecified atom stereocenters. The van der Waals surface area contributed by atoms with Crippen molar-refractivity contribution in [1.29, 1.82) is 0 Å². The van der Waals surface area contributed by atoms with Crippen LogP contribution < -0.4 is 0 Å². The average molecular weight is 312 g/mol. The van der Waals surface area contributed by atoms with Gasteiger partial charge in [0.2, 0.25) is 0 Å². The normalized spacial score (nSPS) is 24.1. The summed E-state index contributed by atoms with van der Waals surface area (Å²) in [6.07, 6.45) is 0.381. The van der Waals surface area contributed by atoms with Crippen molar-refractivity contribution in [1.82, 2.24) is 4.90 Å². The summed E-state index contributed by atoms with van der Waals surface area (Å²) in [5.74, 6) is 0.190. The van der Waals surface area contributed by atoms with Crippen LogP contribution in [0.2, 0.25) is 0 Å². The van der Waals surface area contributed by atoms with E-state index in [2.05, 4.69) is 15.9 Å². The van der Waals surface area contributed by atoms with Gasteiger partial charge in [0.05, 0.1) is 11.7 Å². The molecule has 0 saturated carbocycles. The largest absolute Gasteiger partial charge is 0.393 e. The van der Waals surface area contributed by atoms with Crippen molar-refractivity contribution >= 4 is 21.8 Å². The van der Waals surface area contributed by atoms with Crippen LogP contribution in [0.5, 0.6) is 0 Å². The lowest BCUT2D eigenvalue weighted by atomic mass is 9.96. The highest BCUT2D eigenvalue weighted by atomic mass is 79.9. The van der Waals surface area contributed by atoms with Gasteiger partial charge in [0.25, 0.3) is 5.91 Å². The molecule has 98 valence electrons. The molecule has 1 aliphatic rings. The number of halogens is 1. The van der Waals surface area contributed by atoms with Crippen LogP contribution in [-0.4, -0.2) is 35.1 Å². The number of carbonyl (C=O) groups is 1. The van der Waals surface area contributed by atoms with Gasteiger partial charge in [0.1, 0.15) is 0 Å². The van der Waals surface area contributed by atoms with Crippen LogP contribution >= 0.6 is 15.9 Å². The van der Waals surface area contributed by atoms with Gasteiger partial charge >= 0.3 is 0 Å². The van der Waals surface area contributed by atoms with Gasteiger partial charge < -0.3 is 10.0 Å². The minimum absolute atomic E-state index is 0.0457. The maximum absolute atomic E-state index is 12.4. The van der Waals surface area contributed by atoms with E-state index in [1.807, 2.05) is 36.9 Å². The highest BCUT2D eigenvalue weighted by Gasteiger charge is 2.28. The zero-order valence-corrected chi connectivity index (χ0v) is 12.3. The quantitative estimate of drug-likeness (QED) is 0.866. The maximum Gasteiger partial charge on any atom is 0.255 e. The van der Waals surface area contributed by atoms with Crippen LogP contribution in [0.1, 0.15) is 29.3 Å². The maximum atomic E-state index is 12.4. The van der Waals surface area contributed by atoms with Crippen molar-refractivity contribution in [3.63, 3.8) is 0 Å². The Morgan fingerprint density at radius 2 is 2.22 bits per heavy atom. The summed E-state index contributed by atoms with van der Waals surface area (Å²) < 4.78 is 0.830. The van der Waals surface area contributed by atoms with Gasteiger partial charge in [-0.25, -0.2) is 0 Å². The number of benzene rings is 1. The van der Waals surface area contributed by atoms with Crippen molar-refractivity contribution in [2.24, 2.45) is 5.92 Å². The summed E-state index contributed by atoms with van der Waals surface area (Å²) in [5, 5.41) is 9.70. The number of likely N-dealkylation sites (tertiary alicyclic amines) is 1. The fraction of sp³-hybridized carbons (Fsp3) is 0.500. The first-order valence-electron chi connectivity index (χ1n) is 6.22.